The van der Waals surface area contributed by atoms with Crippen LogP contribution in [0, 0.1) is 12.3 Å². The highest BCUT2D eigenvalue weighted by Crippen LogP contribution is 2.20. The molecule has 4 heteroatoms. The molecule has 0 spiro atoms. The summed E-state index contributed by atoms with van der Waals surface area (Å²) >= 11 is 5.82. The summed E-state index contributed by atoms with van der Waals surface area (Å²) in [7, 11) is 0. The number of benzene rings is 1. The van der Waals surface area contributed by atoms with Crippen LogP contribution in [0.5, 0.6) is 5.75 Å². The molecule has 1 aromatic carbocycles. The maximum absolute atomic E-state index is 6.97. The van der Waals surface area contributed by atoms with Crippen LogP contribution in [0.15, 0.2) is 18.2 Å². The first kappa shape index (κ1) is 9.86. The number of rotatable bonds is 3. The van der Waals surface area contributed by atoms with Crippen molar-refractivity contribution in [1.29, 1.82) is 5.41 Å². The van der Waals surface area contributed by atoms with E-state index in [1.165, 1.54) is 0 Å². The zero-order chi connectivity index (χ0) is 9.84. The molecular weight excluding hydrogens is 188 g/mol. The lowest BCUT2D eigenvalue weighted by Gasteiger charge is -2.05. The van der Waals surface area contributed by atoms with Crippen molar-refractivity contribution < 1.29 is 4.74 Å². The molecule has 0 unspecified atom stereocenters. The highest BCUT2D eigenvalue weighted by atomic mass is 35.5. The van der Waals surface area contributed by atoms with Gasteiger partial charge in [0.1, 0.15) is 18.2 Å². The molecule has 0 saturated carbocycles. The van der Waals surface area contributed by atoms with E-state index in [-0.39, 0.29) is 12.4 Å². The number of hydrogen-bond donors (Lipinski definition) is 2. The van der Waals surface area contributed by atoms with Gasteiger partial charge in [-0.15, -0.1) is 0 Å². The molecule has 0 atom stereocenters. The van der Waals surface area contributed by atoms with E-state index in [1.54, 1.807) is 12.1 Å². The largest absolute Gasteiger partial charge is 0.486 e. The molecule has 1 rings (SSSR count). The lowest BCUT2D eigenvalue weighted by atomic mass is 10.2. The van der Waals surface area contributed by atoms with Gasteiger partial charge < -0.3 is 10.5 Å². The molecule has 3 nitrogen and oxygen atoms in total. The van der Waals surface area contributed by atoms with Gasteiger partial charge in [-0.2, -0.15) is 0 Å². The predicted octanol–water partition coefficient (Wildman–Crippen LogP) is 1.96. The minimum absolute atomic E-state index is 0.00704. The zero-order valence-corrected chi connectivity index (χ0v) is 8.06. The predicted molar refractivity (Wildman–Crippen MR) is 53.6 cm³/mol. The van der Waals surface area contributed by atoms with Gasteiger partial charge in [-0.05, 0) is 30.7 Å². The fourth-order valence-corrected chi connectivity index (χ4v) is 0.986. The maximum Gasteiger partial charge on any atom is 0.145 e. The zero-order valence-electron chi connectivity index (χ0n) is 7.30. The third-order valence-electron chi connectivity index (χ3n) is 1.52. The van der Waals surface area contributed by atoms with E-state index in [1.807, 2.05) is 13.0 Å². The SMILES string of the molecule is Cc1cc(OCC(=N)N)ccc1Cl. The standard InChI is InChI=1S/C9H11ClN2O/c1-6-4-7(2-3-8(6)10)13-5-9(11)12/h2-4H,5H2,1H3,(H3,11,12). The van der Waals surface area contributed by atoms with Crippen LogP contribution in [-0.4, -0.2) is 12.4 Å². The molecule has 3 N–H and O–H groups in total. The lowest BCUT2D eigenvalue weighted by molar-refractivity contribution is 0.374. The first-order valence-electron chi connectivity index (χ1n) is 3.81. The topological polar surface area (TPSA) is 59.1 Å². The number of aryl methyl sites for hydroxylation is 1. The van der Waals surface area contributed by atoms with Crippen molar-refractivity contribution in [2.45, 2.75) is 6.92 Å². The average Bonchev–Trinajstić information content (AvgIpc) is 2.07. The van der Waals surface area contributed by atoms with Crippen LogP contribution in [0.2, 0.25) is 5.02 Å². The van der Waals surface area contributed by atoms with Crippen LogP contribution in [-0.2, 0) is 0 Å². The highest BCUT2D eigenvalue weighted by Gasteiger charge is 1.98. The monoisotopic (exact) mass is 198 g/mol. The summed E-state index contributed by atoms with van der Waals surface area (Å²) in [6.07, 6.45) is 0. The molecular formula is C9H11ClN2O. The Morgan fingerprint density at radius 1 is 1.62 bits per heavy atom. The van der Waals surface area contributed by atoms with Gasteiger partial charge in [-0.1, -0.05) is 11.6 Å². The minimum Gasteiger partial charge on any atom is -0.486 e. The molecule has 70 valence electrons. The van der Waals surface area contributed by atoms with Gasteiger partial charge in [0.05, 0.1) is 0 Å². The van der Waals surface area contributed by atoms with Gasteiger partial charge in [0, 0.05) is 5.02 Å². The van der Waals surface area contributed by atoms with E-state index in [2.05, 4.69) is 0 Å². The Labute approximate surface area is 82.0 Å². The first-order valence-corrected chi connectivity index (χ1v) is 4.19. The molecule has 0 bridgehead atoms. The third-order valence-corrected chi connectivity index (χ3v) is 1.95. The van der Waals surface area contributed by atoms with Crippen molar-refractivity contribution in [1.82, 2.24) is 0 Å². The summed E-state index contributed by atoms with van der Waals surface area (Å²) in [5, 5.41) is 7.67. The van der Waals surface area contributed by atoms with Crippen molar-refractivity contribution in [3.63, 3.8) is 0 Å². The van der Waals surface area contributed by atoms with Crippen LogP contribution in [0.25, 0.3) is 0 Å². The van der Waals surface area contributed by atoms with Crippen molar-refractivity contribution >= 4 is 17.4 Å². The summed E-state index contributed by atoms with van der Waals surface area (Å²) in [4.78, 5) is 0. The molecule has 0 aliphatic rings. The Hall–Kier alpha value is -1.22. The third kappa shape index (κ3) is 2.95. The van der Waals surface area contributed by atoms with Gasteiger partial charge in [-0.3, -0.25) is 5.41 Å². The van der Waals surface area contributed by atoms with Crippen LogP contribution < -0.4 is 10.5 Å². The number of hydrogen-bond acceptors (Lipinski definition) is 2. The van der Waals surface area contributed by atoms with Crippen molar-refractivity contribution in [3.05, 3.63) is 28.8 Å². The number of halogens is 1. The van der Waals surface area contributed by atoms with Crippen molar-refractivity contribution in [3.8, 4) is 5.75 Å². The van der Waals surface area contributed by atoms with Crippen LogP contribution in [0.4, 0.5) is 0 Å². The number of nitrogens with one attached hydrogen (secondary N) is 1. The average molecular weight is 199 g/mol. The molecule has 0 heterocycles. The highest BCUT2D eigenvalue weighted by molar-refractivity contribution is 6.31. The van der Waals surface area contributed by atoms with Gasteiger partial charge in [0.25, 0.3) is 0 Å². The van der Waals surface area contributed by atoms with E-state index >= 15 is 0 Å². The van der Waals surface area contributed by atoms with E-state index in [0.717, 1.165) is 5.56 Å². The summed E-state index contributed by atoms with van der Waals surface area (Å²) in [6.45, 7) is 2.00. The molecule has 0 aliphatic heterocycles. The van der Waals surface area contributed by atoms with Gasteiger partial charge >= 0.3 is 0 Å². The summed E-state index contributed by atoms with van der Waals surface area (Å²) in [6, 6.07) is 5.32. The molecule has 13 heavy (non-hydrogen) atoms. The van der Waals surface area contributed by atoms with E-state index in [9.17, 15) is 0 Å². The summed E-state index contributed by atoms with van der Waals surface area (Å²) < 4.78 is 5.20. The quantitative estimate of drug-likeness (QED) is 0.576. The molecule has 1 aromatic rings. The Morgan fingerprint density at radius 2 is 2.31 bits per heavy atom. The fourth-order valence-electron chi connectivity index (χ4n) is 0.868. The molecule has 0 saturated heterocycles. The van der Waals surface area contributed by atoms with Crippen LogP contribution >= 0.6 is 11.6 Å². The molecule has 0 amide bonds. The Morgan fingerprint density at radius 3 is 2.85 bits per heavy atom. The smallest absolute Gasteiger partial charge is 0.145 e. The minimum atomic E-state index is 0.00704. The summed E-state index contributed by atoms with van der Waals surface area (Å²) in [5.74, 6) is 0.685. The molecule has 0 fully saturated rings. The van der Waals surface area contributed by atoms with Crippen molar-refractivity contribution in [2.24, 2.45) is 5.73 Å². The Balaban J connectivity index is 2.68. The molecule has 0 aromatic heterocycles. The van der Waals surface area contributed by atoms with Crippen molar-refractivity contribution in [2.75, 3.05) is 6.61 Å². The van der Waals surface area contributed by atoms with Gasteiger partial charge in [0.2, 0.25) is 0 Å². The molecule has 0 radical (unpaired) electrons. The van der Waals surface area contributed by atoms with Gasteiger partial charge in [-0.25, -0.2) is 0 Å². The fraction of sp³-hybridized carbons (Fsp3) is 0.222. The number of amidine groups is 1. The lowest BCUT2D eigenvalue weighted by Crippen LogP contribution is -2.19. The van der Waals surface area contributed by atoms with Crippen LogP contribution in [0.1, 0.15) is 5.56 Å². The second kappa shape index (κ2) is 4.14. The second-order valence-corrected chi connectivity index (χ2v) is 3.13. The van der Waals surface area contributed by atoms with E-state index in [0.29, 0.717) is 10.8 Å². The van der Waals surface area contributed by atoms with Gasteiger partial charge in [0.15, 0.2) is 0 Å². The first-order chi connectivity index (χ1) is 6.09. The Kier molecular flexibility index (Phi) is 3.14. The maximum atomic E-state index is 6.97. The van der Waals surface area contributed by atoms with E-state index in [4.69, 9.17) is 27.5 Å². The van der Waals surface area contributed by atoms with Crippen LogP contribution in [0.3, 0.4) is 0 Å². The summed E-state index contributed by atoms with van der Waals surface area (Å²) in [5.41, 5.74) is 6.09. The number of ether oxygens (including phenoxy) is 1. The van der Waals surface area contributed by atoms with E-state index < -0.39 is 0 Å². The molecule has 0 aliphatic carbocycles. The number of nitrogens with two attached hydrogens (primary N) is 1. The normalized spacial score (nSPS) is 9.69. The Bertz CT molecular complexity index is 325. The second-order valence-electron chi connectivity index (χ2n) is 2.72.